The van der Waals surface area contributed by atoms with Crippen molar-refractivity contribution >= 4 is 22.1 Å². The van der Waals surface area contributed by atoms with Crippen LogP contribution in [0.4, 0.5) is 11.4 Å². The van der Waals surface area contributed by atoms with Crippen LogP contribution in [0.3, 0.4) is 0 Å². The van der Waals surface area contributed by atoms with Gasteiger partial charge in [0.05, 0.1) is 0 Å². The minimum absolute atomic E-state index is 0.613. The van der Waals surface area contributed by atoms with Crippen molar-refractivity contribution in [3.05, 3.63) is 30.6 Å². The third kappa shape index (κ3) is 1.62. The van der Waals surface area contributed by atoms with E-state index >= 15 is 0 Å². The van der Waals surface area contributed by atoms with E-state index in [1.165, 1.54) is 23.9 Å². The molecule has 0 aliphatic carbocycles. The molecule has 1 unspecified atom stereocenters. The molecule has 1 aliphatic heterocycles. The summed E-state index contributed by atoms with van der Waals surface area (Å²) in [6, 6.07) is 6.74. The molecule has 1 fully saturated rings. The second-order valence-corrected chi connectivity index (χ2v) is 4.78. The van der Waals surface area contributed by atoms with Gasteiger partial charge in [0.2, 0.25) is 0 Å². The molecule has 3 heteroatoms. The van der Waals surface area contributed by atoms with Crippen LogP contribution in [0.15, 0.2) is 30.6 Å². The van der Waals surface area contributed by atoms with Crippen molar-refractivity contribution in [1.82, 2.24) is 4.98 Å². The predicted octanol–water partition coefficient (Wildman–Crippen LogP) is 2.81. The predicted molar refractivity (Wildman–Crippen MR) is 72.2 cm³/mol. The monoisotopic (exact) mass is 227 g/mol. The Bertz CT molecular complexity index is 550. The molecule has 1 aliphatic rings. The first-order valence-corrected chi connectivity index (χ1v) is 6.16. The zero-order valence-corrected chi connectivity index (χ0v) is 10.1. The number of benzene rings is 1. The van der Waals surface area contributed by atoms with Gasteiger partial charge < -0.3 is 10.6 Å². The Balaban J connectivity index is 2.20. The van der Waals surface area contributed by atoms with E-state index in [2.05, 4.69) is 22.9 Å². The molecule has 0 amide bonds. The van der Waals surface area contributed by atoms with E-state index in [4.69, 9.17) is 5.73 Å². The molecule has 1 aromatic heterocycles. The number of nitrogen functional groups attached to an aromatic ring is 1. The highest BCUT2D eigenvalue weighted by atomic mass is 15.2. The molecular weight excluding hydrogens is 210 g/mol. The minimum atomic E-state index is 0.613. The highest BCUT2D eigenvalue weighted by Gasteiger charge is 2.22. The van der Waals surface area contributed by atoms with Crippen LogP contribution in [0.1, 0.15) is 19.8 Å². The largest absolute Gasteiger partial charge is 0.398 e. The second kappa shape index (κ2) is 3.91. The van der Waals surface area contributed by atoms with Crippen LogP contribution in [0.2, 0.25) is 0 Å². The molecule has 0 bridgehead atoms. The van der Waals surface area contributed by atoms with E-state index in [-0.39, 0.29) is 0 Å². The van der Waals surface area contributed by atoms with Gasteiger partial charge in [-0.15, -0.1) is 0 Å². The summed E-state index contributed by atoms with van der Waals surface area (Å²) in [5.41, 5.74) is 8.11. The first-order chi connectivity index (χ1) is 8.27. The molecule has 2 heterocycles. The standard InChI is InChI=1S/C14H17N3/c1-10-3-2-8-17(10)14-5-4-13(15)11-6-7-16-9-12(11)14/h4-7,9-10H,2-3,8,15H2,1H3. The van der Waals surface area contributed by atoms with E-state index in [9.17, 15) is 0 Å². The van der Waals surface area contributed by atoms with Crippen molar-refractivity contribution in [3.63, 3.8) is 0 Å². The smallest absolute Gasteiger partial charge is 0.0465 e. The van der Waals surface area contributed by atoms with Gasteiger partial charge in [0.1, 0.15) is 0 Å². The molecule has 88 valence electrons. The highest BCUT2D eigenvalue weighted by molar-refractivity contribution is 6.00. The Hall–Kier alpha value is -1.77. The first kappa shape index (κ1) is 10.4. The topological polar surface area (TPSA) is 42.1 Å². The van der Waals surface area contributed by atoms with Gasteiger partial charge >= 0.3 is 0 Å². The fraction of sp³-hybridized carbons (Fsp3) is 0.357. The zero-order chi connectivity index (χ0) is 11.8. The van der Waals surface area contributed by atoms with Crippen molar-refractivity contribution in [1.29, 1.82) is 0 Å². The maximum absolute atomic E-state index is 6.01. The quantitative estimate of drug-likeness (QED) is 0.762. The lowest BCUT2D eigenvalue weighted by atomic mass is 10.1. The molecule has 1 atom stereocenters. The number of anilines is 2. The lowest BCUT2D eigenvalue weighted by Crippen LogP contribution is -2.26. The number of hydrogen-bond acceptors (Lipinski definition) is 3. The highest BCUT2D eigenvalue weighted by Crippen LogP contribution is 2.34. The summed E-state index contributed by atoms with van der Waals surface area (Å²) in [4.78, 5) is 6.69. The summed E-state index contributed by atoms with van der Waals surface area (Å²) in [5.74, 6) is 0. The molecular formula is C14H17N3. The van der Waals surface area contributed by atoms with Crippen LogP contribution in [0.25, 0.3) is 10.8 Å². The van der Waals surface area contributed by atoms with Gasteiger partial charge in [-0.25, -0.2) is 0 Å². The third-order valence-corrected chi connectivity index (χ3v) is 3.69. The minimum Gasteiger partial charge on any atom is -0.398 e. The summed E-state index contributed by atoms with van der Waals surface area (Å²) in [6.45, 7) is 3.42. The number of fused-ring (bicyclic) bond motifs is 1. The van der Waals surface area contributed by atoms with E-state index in [0.29, 0.717) is 6.04 Å². The second-order valence-electron chi connectivity index (χ2n) is 4.78. The summed E-state index contributed by atoms with van der Waals surface area (Å²) >= 11 is 0. The van der Waals surface area contributed by atoms with Crippen molar-refractivity contribution in [2.24, 2.45) is 0 Å². The van der Waals surface area contributed by atoms with Gasteiger partial charge in [-0.05, 0) is 38.0 Å². The van der Waals surface area contributed by atoms with Crippen molar-refractivity contribution in [2.75, 3.05) is 17.2 Å². The fourth-order valence-corrected chi connectivity index (χ4v) is 2.74. The Kier molecular flexibility index (Phi) is 2.39. The summed E-state index contributed by atoms with van der Waals surface area (Å²) < 4.78 is 0. The Morgan fingerprint density at radius 2 is 2.18 bits per heavy atom. The molecule has 3 nitrogen and oxygen atoms in total. The molecule has 0 spiro atoms. The molecule has 0 saturated carbocycles. The van der Waals surface area contributed by atoms with Crippen LogP contribution in [0.5, 0.6) is 0 Å². The summed E-state index contributed by atoms with van der Waals surface area (Å²) in [5, 5.41) is 2.28. The van der Waals surface area contributed by atoms with Crippen LogP contribution in [0, 0.1) is 0 Å². The normalized spacial score (nSPS) is 20.1. The maximum atomic E-state index is 6.01. The van der Waals surface area contributed by atoms with Crippen LogP contribution < -0.4 is 10.6 Å². The zero-order valence-electron chi connectivity index (χ0n) is 10.1. The Morgan fingerprint density at radius 1 is 1.29 bits per heavy atom. The van der Waals surface area contributed by atoms with Crippen LogP contribution in [-0.2, 0) is 0 Å². The number of pyridine rings is 1. The van der Waals surface area contributed by atoms with Crippen molar-refractivity contribution in [2.45, 2.75) is 25.8 Å². The lowest BCUT2D eigenvalue weighted by Gasteiger charge is -2.25. The molecule has 2 aromatic rings. The van der Waals surface area contributed by atoms with E-state index in [1.807, 2.05) is 18.3 Å². The van der Waals surface area contributed by atoms with Gasteiger partial charge in [-0.2, -0.15) is 0 Å². The number of rotatable bonds is 1. The first-order valence-electron chi connectivity index (χ1n) is 6.16. The SMILES string of the molecule is CC1CCCN1c1ccc(N)c2ccncc12. The number of hydrogen-bond donors (Lipinski definition) is 1. The fourth-order valence-electron chi connectivity index (χ4n) is 2.74. The molecule has 3 rings (SSSR count). The van der Waals surface area contributed by atoms with Gasteiger partial charge in [0.15, 0.2) is 0 Å². The van der Waals surface area contributed by atoms with Crippen LogP contribution >= 0.6 is 0 Å². The van der Waals surface area contributed by atoms with Gasteiger partial charge in [0.25, 0.3) is 0 Å². The number of aromatic nitrogens is 1. The molecule has 1 saturated heterocycles. The van der Waals surface area contributed by atoms with Gasteiger partial charge in [0, 0.05) is 47.1 Å². The molecule has 0 radical (unpaired) electrons. The summed E-state index contributed by atoms with van der Waals surface area (Å²) in [6.07, 6.45) is 6.27. The lowest BCUT2D eigenvalue weighted by molar-refractivity contribution is 0.737. The molecule has 17 heavy (non-hydrogen) atoms. The average Bonchev–Trinajstić information content (AvgIpc) is 2.77. The Labute approximate surface area is 101 Å². The van der Waals surface area contributed by atoms with E-state index < -0.39 is 0 Å². The van der Waals surface area contributed by atoms with E-state index in [0.717, 1.165) is 17.6 Å². The van der Waals surface area contributed by atoms with Crippen molar-refractivity contribution in [3.8, 4) is 0 Å². The van der Waals surface area contributed by atoms with Crippen molar-refractivity contribution < 1.29 is 0 Å². The van der Waals surface area contributed by atoms with E-state index in [1.54, 1.807) is 6.20 Å². The third-order valence-electron chi connectivity index (χ3n) is 3.69. The molecule has 1 aromatic carbocycles. The number of nitrogens with two attached hydrogens (primary N) is 1. The molecule has 2 N–H and O–H groups in total. The maximum Gasteiger partial charge on any atom is 0.0465 e. The van der Waals surface area contributed by atoms with Gasteiger partial charge in [-0.1, -0.05) is 0 Å². The van der Waals surface area contributed by atoms with Gasteiger partial charge in [-0.3, -0.25) is 4.98 Å². The number of nitrogens with zero attached hydrogens (tertiary/aromatic N) is 2. The summed E-state index contributed by atoms with van der Waals surface area (Å²) in [7, 11) is 0. The average molecular weight is 227 g/mol. The van der Waals surface area contributed by atoms with Crippen LogP contribution in [-0.4, -0.2) is 17.6 Å². The Morgan fingerprint density at radius 3 is 2.94 bits per heavy atom.